The van der Waals surface area contributed by atoms with E-state index in [0.717, 1.165) is 11.6 Å². The number of aliphatic hydroxyl groups excluding tert-OH is 1. The highest BCUT2D eigenvalue weighted by Crippen LogP contribution is 2.59. The highest BCUT2D eigenvalue weighted by Gasteiger charge is 2.50. The number of hydrogen-bond donors (Lipinski definition) is 2. The third-order valence-electron chi connectivity index (χ3n) is 5.57. The Hall–Kier alpha value is -1.23. The molecule has 4 heteroatoms. The molecule has 3 aliphatic rings. The lowest BCUT2D eigenvalue weighted by Gasteiger charge is -2.56. The molecule has 4 nitrogen and oxygen atoms in total. The molecule has 126 valence electrons. The predicted octanol–water partition coefficient (Wildman–Crippen LogP) is 2.54. The zero-order chi connectivity index (χ0) is 16.3. The molecule has 0 spiro atoms. The van der Waals surface area contributed by atoms with Gasteiger partial charge in [0.05, 0.1) is 25.0 Å². The Morgan fingerprint density at radius 2 is 2.30 bits per heavy atom. The zero-order valence-electron chi connectivity index (χ0n) is 14.2. The van der Waals surface area contributed by atoms with E-state index >= 15 is 0 Å². The van der Waals surface area contributed by atoms with Crippen molar-refractivity contribution in [1.29, 1.82) is 0 Å². The molecule has 1 heterocycles. The van der Waals surface area contributed by atoms with Gasteiger partial charge in [0.15, 0.2) is 0 Å². The molecule has 0 unspecified atom stereocenters. The Morgan fingerprint density at radius 1 is 1.43 bits per heavy atom. The van der Waals surface area contributed by atoms with Gasteiger partial charge in [0.2, 0.25) is 0 Å². The van der Waals surface area contributed by atoms with Crippen LogP contribution in [0.25, 0.3) is 0 Å². The van der Waals surface area contributed by atoms with Crippen molar-refractivity contribution >= 4 is 0 Å². The van der Waals surface area contributed by atoms with Gasteiger partial charge in [-0.1, -0.05) is 26.0 Å². The molecule has 1 aromatic heterocycles. The van der Waals surface area contributed by atoms with Crippen molar-refractivity contribution in [2.24, 2.45) is 17.3 Å². The van der Waals surface area contributed by atoms with Crippen LogP contribution < -0.4 is 5.32 Å². The summed E-state index contributed by atoms with van der Waals surface area (Å²) >= 11 is 0. The molecule has 1 fully saturated rings. The van der Waals surface area contributed by atoms with Gasteiger partial charge >= 0.3 is 0 Å². The number of nitrogens with one attached hydrogen (secondary N) is 1. The van der Waals surface area contributed by atoms with E-state index < -0.39 is 6.10 Å². The van der Waals surface area contributed by atoms with Gasteiger partial charge in [-0.05, 0) is 47.8 Å². The zero-order valence-corrected chi connectivity index (χ0v) is 14.2. The number of allylic oxidation sites excluding steroid dienone is 1. The fraction of sp³-hybridized carbons (Fsp3) is 0.632. The molecule has 23 heavy (non-hydrogen) atoms. The standard InChI is InChI=1S/C19H28N2O2/c1-19(2)15-7-6-14(18(19)9-15)12-23-13-17(22)11-20-10-16-5-3-4-8-21-16/h3-6,8,15,17-18,20,22H,7,9-13H2,1-2H3/t15-,17-,18-/m0/s1. The Balaban J connectivity index is 1.32. The highest BCUT2D eigenvalue weighted by atomic mass is 16.5. The van der Waals surface area contributed by atoms with E-state index in [2.05, 4.69) is 30.2 Å². The average Bonchev–Trinajstić information content (AvgIpc) is 2.56. The molecular formula is C19H28N2O2. The van der Waals surface area contributed by atoms with Crippen LogP contribution in [0.1, 0.15) is 32.4 Å². The minimum atomic E-state index is -0.481. The van der Waals surface area contributed by atoms with Gasteiger partial charge in [-0.2, -0.15) is 0 Å². The summed E-state index contributed by atoms with van der Waals surface area (Å²) in [6.07, 6.45) is 6.16. The van der Waals surface area contributed by atoms with E-state index in [-0.39, 0.29) is 0 Å². The van der Waals surface area contributed by atoms with Crippen LogP contribution >= 0.6 is 0 Å². The Kier molecular flexibility index (Phi) is 5.14. The SMILES string of the molecule is CC1(C)[C@H]2CC=C(COC[C@@H](O)CNCc3ccccn3)[C@@H]1C2. The molecule has 1 aromatic rings. The molecule has 3 aliphatic carbocycles. The molecule has 0 aromatic carbocycles. The molecule has 0 radical (unpaired) electrons. The number of ether oxygens (including phenoxy) is 1. The summed E-state index contributed by atoms with van der Waals surface area (Å²) in [6.45, 7) is 6.97. The second-order valence-electron chi connectivity index (χ2n) is 7.44. The molecule has 0 amide bonds. The first-order valence-electron chi connectivity index (χ1n) is 8.62. The first-order valence-corrected chi connectivity index (χ1v) is 8.62. The lowest BCUT2D eigenvalue weighted by Crippen LogP contribution is -2.48. The maximum Gasteiger partial charge on any atom is 0.0897 e. The van der Waals surface area contributed by atoms with Crippen LogP contribution in [0.3, 0.4) is 0 Å². The van der Waals surface area contributed by atoms with E-state index in [0.29, 0.717) is 37.6 Å². The molecular weight excluding hydrogens is 288 g/mol. The summed E-state index contributed by atoms with van der Waals surface area (Å²) in [7, 11) is 0. The maximum absolute atomic E-state index is 10.0. The summed E-state index contributed by atoms with van der Waals surface area (Å²) < 4.78 is 5.75. The number of aliphatic hydroxyl groups is 1. The topological polar surface area (TPSA) is 54.4 Å². The maximum atomic E-state index is 10.0. The van der Waals surface area contributed by atoms with Crippen LogP contribution in [0.2, 0.25) is 0 Å². The van der Waals surface area contributed by atoms with E-state index in [1.165, 1.54) is 18.4 Å². The number of nitrogens with zero attached hydrogens (tertiary/aromatic N) is 1. The van der Waals surface area contributed by atoms with Crippen molar-refractivity contribution in [1.82, 2.24) is 10.3 Å². The number of rotatable bonds is 8. The van der Waals surface area contributed by atoms with Gasteiger partial charge in [0.25, 0.3) is 0 Å². The van der Waals surface area contributed by atoms with Crippen molar-refractivity contribution in [2.75, 3.05) is 19.8 Å². The van der Waals surface area contributed by atoms with Gasteiger partial charge in [0, 0.05) is 19.3 Å². The van der Waals surface area contributed by atoms with E-state index in [1.807, 2.05) is 18.2 Å². The molecule has 1 saturated carbocycles. The van der Waals surface area contributed by atoms with Crippen molar-refractivity contribution in [3.8, 4) is 0 Å². The second kappa shape index (κ2) is 7.12. The summed E-state index contributed by atoms with van der Waals surface area (Å²) in [5, 5.41) is 13.2. The lowest BCUT2D eigenvalue weighted by atomic mass is 9.49. The van der Waals surface area contributed by atoms with Gasteiger partial charge in [0.1, 0.15) is 0 Å². The van der Waals surface area contributed by atoms with E-state index in [1.54, 1.807) is 6.20 Å². The number of hydrogen-bond acceptors (Lipinski definition) is 4. The van der Waals surface area contributed by atoms with Crippen molar-refractivity contribution in [2.45, 2.75) is 39.3 Å². The second-order valence-corrected chi connectivity index (χ2v) is 7.44. The van der Waals surface area contributed by atoms with Gasteiger partial charge < -0.3 is 15.2 Å². The van der Waals surface area contributed by atoms with E-state index in [4.69, 9.17) is 4.74 Å². The molecule has 2 bridgehead atoms. The largest absolute Gasteiger partial charge is 0.389 e. The van der Waals surface area contributed by atoms with Crippen molar-refractivity contribution in [3.63, 3.8) is 0 Å². The Morgan fingerprint density at radius 3 is 3.00 bits per heavy atom. The summed E-state index contributed by atoms with van der Waals surface area (Å²) in [4.78, 5) is 4.24. The minimum Gasteiger partial charge on any atom is -0.389 e. The minimum absolute atomic E-state index is 0.378. The summed E-state index contributed by atoms with van der Waals surface area (Å²) in [5.74, 6) is 1.54. The molecule has 0 saturated heterocycles. The van der Waals surface area contributed by atoms with Crippen LogP contribution in [-0.4, -0.2) is 36.0 Å². The van der Waals surface area contributed by atoms with Crippen LogP contribution in [0.4, 0.5) is 0 Å². The van der Waals surface area contributed by atoms with Crippen LogP contribution in [0.15, 0.2) is 36.0 Å². The lowest BCUT2D eigenvalue weighted by molar-refractivity contribution is -0.0235. The monoisotopic (exact) mass is 316 g/mol. The quantitative estimate of drug-likeness (QED) is 0.724. The van der Waals surface area contributed by atoms with Gasteiger partial charge in [-0.3, -0.25) is 4.98 Å². The third kappa shape index (κ3) is 3.82. The molecule has 4 rings (SSSR count). The fourth-order valence-electron chi connectivity index (χ4n) is 3.88. The van der Waals surface area contributed by atoms with Crippen LogP contribution in [-0.2, 0) is 11.3 Å². The average molecular weight is 316 g/mol. The number of fused-ring (bicyclic) bond motifs is 1. The molecule has 2 N–H and O–H groups in total. The number of aromatic nitrogens is 1. The van der Waals surface area contributed by atoms with Crippen molar-refractivity contribution < 1.29 is 9.84 Å². The normalized spacial score (nSPS) is 26.3. The van der Waals surface area contributed by atoms with Crippen molar-refractivity contribution in [3.05, 3.63) is 41.7 Å². The first kappa shape index (κ1) is 16.6. The molecule has 3 atom stereocenters. The number of pyridine rings is 1. The van der Waals surface area contributed by atoms with E-state index in [9.17, 15) is 5.11 Å². The third-order valence-corrected chi connectivity index (χ3v) is 5.57. The van der Waals surface area contributed by atoms with Crippen LogP contribution in [0, 0.1) is 17.3 Å². The van der Waals surface area contributed by atoms with Gasteiger partial charge in [-0.25, -0.2) is 0 Å². The molecule has 0 aliphatic heterocycles. The Labute approximate surface area is 139 Å². The smallest absolute Gasteiger partial charge is 0.0897 e. The van der Waals surface area contributed by atoms with Crippen LogP contribution in [0.5, 0.6) is 0 Å². The fourth-order valence-corrected chi connectivity index (χ4v) is 3.88. The summed E-state index contributed by atoms with van der Waals surface area (Å²) in [5.41, 5.74) is 2.86. The summed E-state index contributed by atoms with van der Waals surface area (Å²) in [6, 6.07) is 5.84. The Bertz CT molecular complexity index is 542. The predicted molar refractivity (Wildman–Crippen MR) is 90.8 cm³/mol. The highest BCUT2D eigenvalue weighted by molar-refractivity contribution is 5.23. The van der Waals surface area contributed by atoms with Gasteiger partial charge in [-0.15, -0.1) is 0 Å². The first-order chi connectivity index (χ1) is 11.1.